The molecule has 16 heavy (non-hydrogen) atoms. The van der Waals surface area contributed by atoms with Crippen molar-refractivity contribution in [3.63, 3.8) is 0 Å². The first-order valence-corrected chi connectivity index (χ1v) is 4.95. The van der Waals surface area contributed by atoms with Gasteiger partial charge in [0.05, 0.1) is 13.7 Å². The molecule has 0 radical (unpaired) electrons. The molecule has 2 N–H and O–H groups in total. The maximum atomic E-state index is 11.2. The van der Waals surface area contributed by atoms with Crippen LogP contribution in [0.3, 0.4) is 0 Å². The van der Waals surface area contributed by atoms with Crippen molar-refractivity contribution < 1.29 is 19.7 Å². The molecule has 0 saturated heterocycles. The van der Waals surface area contributed by atoms with Gasteiger partial charge < -0.3 is 14.9 Å². The lowest BCUT2D eigenvalue weighted by Gasteiger charge is -2.25. The quantitative estimate of drug-likeness (QED) is 0.809. The smallest absolute Gasteiger partial charge is 0.316 e. The van der Waals surface area contributed by atoms with Crippen molar-refractivity contribution in [2.45, 2.75) is 19.3 Å². The number of methoxy groups -OCH3 is 1. The molecule has 0 aliphatic carbocycles. The first kappa shape index (κ1) is 12.5. The summed E-state index contributed by atoms with van der Waals surface area (Å²) in [6.45, 7) is 2.87. The normalized spacial score (nSPS) is 14.2. The summed E-state index contributed by atoms with van der Waals surface area (Å²) in [6, 6.07) is 5.27. The van der Waals surface area contributed by atoms with Crippen LogP contribution in [0.5, 0.6) is 5.75 Å². The van der Waals surface area contributed by atoms with Crippen LogP contribution in [0.1, 0.15) is 18.1 Å². The Bertz CT molecular complexity index is 400. The molecule has 1 aromatic rings. The average Bonchev–Trinajstić information content (AvgIpc) is 2.27. The van der Waals surface area contributed by atoms with Crippen LogP contribution >= 0.6 is 0 Å². The minimum atomic E-state index is -1.34. The third-order valence-corrected chi connectivity index (χ3v) is 2.74. The molecule has 0 amide bonds. The first-order valence-electron chi connectivity index (χ1n) is 4.95. The van der Waals surface area contributed by atoms with E-state index in [0.29, 0.717) is 11.3 Å². The van der Waals surface area contributed by atoms with Crippen LogP contribution in [0.15, 0.2) is 18.2 Å². The molecular formula is C12H16O4. The number of carboxylic acids is 1. The van der Waals surface area contributed by atoms with Crippen molar-refractivity contribution >= 4 is 5.97 Å². The molecule has 0 fully saturated rings. The number of rotatable bonds is 4. The van der Waals surface area contributed by atoms with Gasteiger partial charge in [-0.25, -0.2) is 0 Å². The summed E-state index contributed by atoms with van der Waals surface area (Å²) in [6.07, 6.45) is 0. The Kier molecular flexibility index (Phi) is 3.55. The Morgan fingerprint density at radius 2 is 2.12 bits per heavy atom. The predicted molar refractivity (Wildman–Crippen MR) is 59.8 cm³/mol. The summed E-state index contributed by atoms with van der Waals surface area (Å²) in [7, 11) is 1.48. The number of ether oxygens (including phenoxy) is 1. The van der Waals surface area contributed by atoms with Crippen molar-refractivity contribution in [1.82, 2.24) is 0 Å². The second-order valence-corrected chi connectivity index (χ2v) is 4.00. The SMILES string of the molecule is COc1ccc(C)cc1C(C)(CO)C(=O)O. The molecule has 1 unspecified atom stereocenters. The second kappa shape index (κ2) is 4.53. The highest BCUT2D eigenvalue weighted by atomic mass is 16.5. The van der Waals surface area contributed by atoms with Crippen molar-refractivity contribution in [1.29, 1.82) is 0 Å². The Morgan fingerprint density at radius 3 is 2.56 bits per heavy atom. The molecular weight excluding hydrogens is 208 g/mol. The molecule has 0 aromatic heterocycles. The van der Waals surface area contributed by atoms with Gasteiger partial charge in [-0.05, 0) is 19.9 Å². The largest absolute Gasteiger partial charge is 0.496 e. The number of carboxylic acid groups (broad SMARTS) is 1. The summed E-state index contributed by atoms with van der Waals surface area (Å²) in [5.41, 5.74) is 0.0823. The molecule has 1 rings (SSSR count). The number of benzene rings is 1. The van der Waals surface area contributed by atoms with Gasteiger partial charge in [0, 0.05) is 5.56 Å². The fourth-order valence-electron chi connectivity index (χ4n) is 1.52. The van der Waals surface area contributed by atoms with Crippen molar-refractivity contribution in [2.75, 3.05) is 13.7 Å². The highest BCUT2D eigenvalue weighted by molar-refractivity contribution is 5.82. The monoisotopic (exact) mass is 224 g/mol. The predicted octanol–water partition coefficient (Wildman–Crippen LogP) is 1.34. The molecule has 0 bridgehead atoms. The highest BCUT2D eigenvalue weighted by Crippen LogP contribution is 2.32. The molecule has 1 atom stereocenters. The summed E-state index contributed by atoms with van der Waals surface area (Å²) in [4.78, 5) is 11.2. The zero-order valence-corrected chi connectivity index (χ0v) is 9.65. The minimum absolute atomic E-state index is 0.470. The molecule has 4 heteroatoms. The molecule has 1 aromatic carbocycles. The van der Waals surface area contributed by atoms with Crippen LogP contribution in [-0.2, 0) is 10.2 Å². The van der Waals surface area contributed by atoms with E-state index < -0.39 is 18.0 Å². The van der Waals surface area contributed by atoms with Gasteiger partial charge in [-0.15, -0.1) is 0 Å². The van der Waals surface area contributed by atoms with Crippen LogP contribution in [0, 0.1) is 6.92 Å². The summed E-state index contributed by atoms with van der Waals surface area (Å²) in [5, 5.41) is 18.5. The number of hydrogen-bond acceptors (Lipinski definition) is 3. The van der Waals surface area contributed by atoms with Crippen molar-refractivity contribution in [3.8, 4) is 5.75 Å². The van der Waals surface area contributed by atoms with Crippen LogP contribution < -0.4 is 4.74 Å². The highest BCUT2D eigenvalue weighted by Gasteiger charge is 2.37. The van der Waals surface area contributed by atoms with Crippen molar-refractivity contribution in [3.05, 3.63) is 29.3 Å². The van der Waals surface area contributed by atoms with E-state index in [1.165, 1.54) is 14.0 Å². The number of aryl methyl sites for hydroxylation is 1. The lowest BCUT2D eigenvalue weighted by molar-refractivity contribution is -0.144. The van der Waals surface area contributed by atoms with E-state index in [2.05, 4.69) is 0 Å². The molecule has 0 aliphatic heterocycles. The first-order chi connectivity index (χ1) is 7.45. The van der Waals surface area contributed by atoms with Gasteiger partial charge in [0.1, 0.15) is 11.2 Å². The standard InChI is InChI=1S/C12H16O4/c1-8-4-5-10(16-3)9(6-8)12(2,7-13)11(14)15/h4-6,13H,7H2,1-3H3,(H,14,15). The third kappa shape index (κ3) is 2.02. The Morgan fingerprint density at radius 1 is 1.50 bits per heavy atom. The van der Waals surface area contributed by atoms with Crippen LogP contribution in [-0.4, -0.2) is 29.9 Å². The van der Waals surface area contributed by atoms with Gasteiger partial charge in [-0.1, -0.05) is 17.7 Å². The average molecular weight is 224 g/mol. The Labute approximate surface area is 94.5 Å². The zero-order chi connectivity index (χ0) is 12.3. The van der Waals surface area contributed by atoms with E-state index >= 15 is 0 Å². The Balaban J connectivity index is 3.39. The lowest BCUT2D eigenvalue weighted by atomic mass is 9.82. The molecule has 4 nitrogen and oxygen atoms in total. The van der Waals surface area contributed by atoms with Crippen LogP contribution in [0.4, 0.5) is 0 Å². The number of aliphatic carboxylic acids is 1. The number of aliphatic hydroxyl groups excluding tert-OH is 1. The Hall–Kier alpha value is -1.55. The van der Waals surface area contributed by atoms with E-state index in [1.54, 1.807) is 12.1 Å². The van der Waals surface area contributed by atoms with Gasteiger partial charge >= 0.3 is 5.97 Å². The van der Waals surface area contributed by atoms with E-state index in [1.807, 2.05) is 13.0 Å². The summed E-state index contributed by atoms with van der Waals surface area (Å²) in [5.74, 6) is -0.594. The van der Waals surface area contributed by atoms with Gasteiger partial charge in [-0.2, -0.15) is 0 Å². The lowest BCUT2D eigenvalue weighted by Crippen LogP contribution is -2.36. The fraction of sp³-hybridized carbons (Fsp3) is 0.417. The maximum absolute atomic E-state index is 11.2. The molecule has 0 aliphatic rings. The van der Waals surface area contributed by atoms with Gasteiger partial charge in [0.15, 0.2) is 0 Å². The van der Waals surface area contributed by atoms with Gasteiger partial charge in [0.2, 0.25) is 0 Å². The van der Waals surface area contributed by atoms with E-state index in [0.717, 1.165) is 5.56 Å². The molecule has 0 heterocycles. The number of carbonyl (C=O) groups is 1. The maximum Gasteiger partial charge on any atom is 0.316 e. The second-order valence-electron chi connectivity index (χ2n) is 4.00. The van der Waals surface area contributed by atoms with E-state index in [9.17, 15) is 15.0 Å². The topological polar surface area (TPSA) is 66.8 Å². The summed E-state index contributed by atoms with van der Waals surface area (Å²) >= 11 is 0. The van der Waals surface area contributed by atoms with Gasteiger partial charge in [0.25, 0.3) is 0 Å². The van der Waals surface area contributed by atoms with E-state index in [4.69, 9.17) is 4.74 Å². The summed E-state index contributed by atoms with van der Waals surface area (Å²) < 4.78 is 5.12. The number of aliphatic hydroxyl groups is 1. The fourth-order valence-corrected chi connectivity index (χ4v) is 1.52. The number of hydrogen-bond donors (Lipinski definition) is 2. The van der Waals surface area contributed by atoms with E-state index in [-0.39, 0.29) is 0 Å². The van der Waals surface area contributed by atoms with Gasteiger partial charge in [-0.3, -0.25) is 4.79 Å². The molecule has 0 saturated carbocycles. The zero-order valence-electron chi connectivity index (χ0n) is 9.65. The minimum Gasteiger partial charge on any atom is -0.496 e. The van der Waals surface area contributed by atoms with Crippen LogP contribution in [0.25, 0.3) is 0 Å². The third-order valence-electron chi connectivity index (χ3n) is 2.74. The molecule has 88 valence electrons. The van der Waals surface area contributed by atoms with Crippen LogP contribution in [0.2, 0.25) is 0 Å². The van der Waals surface area contributed by atoms with Crippen molar-refractivity contribution in [2.24, 2.45) is 0 Å². The molecule has 0 spiro atoms.